The third kappa shape index (κ3) is 4.52. The summed E-state index contributed by atoms with van der Waals surface area (Å²) in [6, 6.07) is 57.4. The number of nitrogens with zero attached hydrogens (tertiary/aromatic N) is 3. The quantitative estimate of drug-likeness (QED) is 0.178. The molecule has 3 saturated carbocycles. The second-order valence-electron chi connectivity index (χ2n) is 18.7. The van der Waals surface area contributed by atoms with E-state index in [-0.39, 0.29) is 0 Å². The maximum absolute atomic E-state index is 7.10. The molecule has 3 fully saturated rings. The van der Waals surface area contributed by atoms with Crippen LogP contribution in [0.15, 0.2) is 158 Å². The molecule has 0 saturated heterocycles. The summed E-state index contributed by atoms with van der Waals surface area (Å²) in [7, 11) is 0. The zero-order chi connectivity index (χ0) is 40.1. The van der Waals surface area contributed by atoms with E-state index in [2.05, 4.69) is 165 Å². The van der Waals surface area contributed by atoms with Crippen LogP contribution < -0.4 is 4.74 Å². The van der Waals surface area contributed by atoms with Crippen molar-refractivity contribution in [1.29, 1.82) is 0 Å². The van der Waals surface area contributed by atoms with Crippen molar-refractivity contribution in [2.24, 2.45) is 17.3 Å². The van der Waals surface area contributed by atoms with E-state index in [9.17, 15) is 0 Å². The van der Waals surface area contributed by atoms with Gasteiger partial charge < -0.3 is 4.74 Å². The first kappa shape index (κ1) is 34.3. The van der Waals surface area contributed by atoms with E-state index >= 15 is 0 Å². The Kier molecular flexibility index (Phi) is 6.81. The molecule has 1 aliphatic heterocycles. The van der Waals surface area contributed by atoms with E-state index < -0.39 is 5.41 Å². The van der Waals surface area contributed by atoms with Crippen molar-refractivity contribution in [2.45, 2.75) is 49.9 Å². The van der Waals surface area contributed by atoms with Crippen molar-refractivity contribution in [3.8, 4) is 56.8 Å². The molecule has 0 radical (unpaired) electrons. The molecule has 2 bridgehead atoms. The molecular formula is C56H41N3OS. The molecule has 0 N–H and O–H groups in total. The molecule has 3 heterocycles. The van der Waals surface area contributed by atoms with Crippen molar-refractivity contribution in [3.05, 3.63) is 186 Å². The molecule has 1 spiro atoms. The van der Waals surface area contributed by atoms with Crippen molar-refractivity contribution in [1.82, 2.24) is 15.0 Å². The highest BCUT2D eigenvalue weighted by Gasteiger charge is 2.65. The summed E-state index contributed by atoms with van der Waals surface area (Å²) >= 11 is 1.83. The number of aromatic nitrogens is 3. The third-order valence-electron chi connectivity index (χ3n) is 15.9. The molecule has 2 unspecified atom stereocenters. The third-order valence-corrected chi connectivity index (χ3v) is 17.0. The number of thiophene rings is 1. The van der Waals surface area contributed by atoms with Crippen molar-refractivity contribution in [3.63, 3.8) is 0 Å². The summed E-state index contributed by atoms with van der Waals surface area (Å²) in [5.41, 5.74) is 11.8. The van der Waals surface area contributed by atoms with Crippen LogP contribution in [-0.4, -0.2) is 15.0 Å². The summed E-state index contributed by atoms with van der Waals surface area (Å²) in [6.07, 6.45) is 6.80. The van der Waals surface area contributed by atoms with E-state index in [1.54, 1.807) is 0 Å². The predicted molar refractivity (Wildman–Crippen MR) is 246 cm³/mol. The highest BCUT2D eigenvalue weighted by molar-refractivity contribution is 7.25. The molecular weight excluding hydrogens is 763 g/mol. The highest BCUT2D eigenvalue weighted by Crippen LogP contribution is 2.73. The minimum absolute atomic E-state index is 0.303. The average molecular weight is 804 g/mol. The van der Waals surface area contributed by atoms with Gasteiger partial charge in [-0.2, -0.15) is 0 Å². The average Bonchev–Trinajstić information content (AvgIpc) is 4.03. The van der Waals surface area contributed by atoms with E-state index in [0.717, 1.165) is 51.2 Å². The number of ether oxygens (including phenoxy) is 1. The number of para-hydroxylation sites is 2. The minimum atomic E-state index is -0.581. The summed E-state index contributed by atoms with van der Waals surface area (Å²) < 4.78 is 9.63. The topological polar surface area (TPSA) is 47.9 Å². The van der Waals surface area contributed by atoms with Gasteiger partial charge in [0.25, 0.3) is 0 Å². The van der Waals surface area contributed by atoms with Gasteiger partial charge in [0.05, 0.1) is 11.0 Å². The summed E-state index contributed by atoms with van der Waals surface area (Å²) in [4.78, 5) is 16.1. The standard InChI is InChI=1S/C56H41N3OS/c1-54-32-55(30-36(54)26-27-37(54)31-55)35-24-21-33(22-25-35)51-57-52(34-23-28-49-42(29-34)40-13-4-9-20-48(40)61-49)59-53(58-51)41-14-10-18-46-50(41)60-47-19-8-7-17-45(47)56(46)43-15-5-2-11-38(43)39-12-3-6-16-44(39)56/h2-25,28-29,36-37H,26-27,30-32H2,1H3/t36-,37+,54?,55?. The van der Waals surface area contributed by atoms with Crippen LogP contribution in [0.3, 0.4) is 0 Å². The number of fused-ring (bicyclic) bond motifs is 13. The molecule has 4 atom stereocenters. The Morgan fingerprint density at radius 2 is 1.11 bits per heavy atom. The van der Waals surface area contributed by atoms with Crippen LogP contribution in [0.5, 0.6) is 11.5 Å². The van der Waals surface area contributed by atoms with Crippen molar-refractivity contribution < 1.29 is 4.74 Å². The second-order valence-corrected chi connectivity index (χ2v) is 19.7. The molecule has 9 aromatic rings. The Bertz CT molecular complexity index is 3270. The molecule has 5 aliphatic rings. The van der Waals surface area contributed by atoms with Gasteiger partial charge in [-0.3, -0.25) is 0 Å². The number of benzene rings is 7. The van der Waals surface area contributed by atoms with Crippen LogP contribution in [0.25, 0.3) is 65.5 Å². The van der Waals surface area contributed by atoms with E-state index in [0.29, 0.717) is 28.3 Å². The molecule has 0 amide bonds. The van der Waals surface area contributed by atoms with E-state index in [1.807, 2.05) is 11.3 Å². The lowest BCUT2D eigenvalue weighted by molar-refractivity contribution is 0.195. The maximum atomic E-state index is 7.10. The largest absolute Gasteiger partial charge is 0.456 e. The van der Waals surface area contributed by atoms with Gasteiger partial charge in [-0.1, -0.05) is 128 Å². The Balaban J connectivity index is 0.975. The summed E-state index contributed by atoms with van der Waals surface area (Å²) in [5.74, 6) is 5.28. The zero-order valence-electron chi connectivity index (χ0n) is 33.9. The first-order valence-corrected chi connectivity index (χ1v) is 22.7. The molecule has 292 valence electrons. The minimum Gasteiger partial charge on any atom is -0.456 e. The molecule has 5 heteroatoms. The molecule has 7 aromatic carbocycles. The monoisotopic (exact) mass is 803 g/mol. The van der Waals surface area contributed by atoms with Gasteiger partial charge in [-0.05, 0) is 119 Å². The Morgan fingerprint density at radius 3 is 1.87 bits per heavy atom. The van der Waals surface area contributed by atoms with Gasteiger partial charge in [-0.15, -0.1) is 11.3 Å². The van der Waals surface area contributed by atoms with Gasteiger partial charge in [0.1, 0.15) is 11.5 Å². The second kappa shape index (κ2) is 12.1. The van der Waals surface area contributed by atoms with Crippen LogP contribution in [-0.2, 0) is 10.8 Å². The van der Waals surface area contributed by atoms with Gasteiger partial charge in [-0.25, -0.2) is 15.0 Å². The maximum Gasteiger partial charge on any atom is 0.167 e. The van der Waals surface area contributed by atoms with Gasteiger partial charge >= 0.3 is 0 Å². The Labute approximate surface area is 359 Å². The Hall–Kier alpha value is -6.43. The van der Waals surface area contributed by atoms with Crippen LogP contribution in [0.2, 0.25) is 0 Å². The summed E-state index contributed by atoms with van der Waals surface area (Å²) in [5, 5.41) is 2.47. The molecule has 14 rings (SSSR count). The van der Waals surface area contributed by atoms with Gasteiger partial charge in [0.15, 0.2) is 17.5 Å². The summed E-state index contributed by atoms with van der Waals surface area (Å²) in [6.45, 7) is 2.58. The van der Waals surface area contributed by atoms with Crippen molar-refractivity contribution in [2.75, 3.05) is 0 Å². The number of rotatable bonds is 4. The predicted octanol–water partition coefficient (Wildman–Crippen LogP) is 14.2. The first-order valence-electron chi connectivity index (χ1n) is 21.9. The fourth-order valence-corrected chi connectivity index (χ4v) is 14.3. The number of hydrogen-bond donors (Lipinski definition) is 0. The SMILES string of the molecule is CC12CC3(c4ccc(-c5nc(-c6ccc7sc8ccccc8c7c6)nc(-c6cccc7c6Oc6ccccc6C76c7ccccc7-c7ccccc76)n5)cc4)C[C@H]1CC[C@H]2C3. The lowest BCUT2D eigenvalue weighted by Crippen LogP contribution is -2.32. The fourth-order valence-electron chi connectivity index (χ4n) is 13.2. The molecule has 4 aliphatic carbocycles. The number of hydrogen-bond acceptors (Lipinski definition) is 5. The van der Waals surface area contributed by atoms with Crippen LogP contribution in [0.1, 0.15) is 66.8 Å². The Morgan fingerprint density at radius 1 is 0.525 bits per heavy atom. The highest BCUT2D eigenvalue weighted by atomic mass is 32.1. The van der Waals surface area contributed by atoms with Crippen LogP contribution >= 0.6 is 11.3 Å². The van der Waals surface area contributed by atoms with Crippen molar-refractivity contribution >= 4 is 31.5 Å². The first-order chi connectivity index (χ1) is 30.0. The zero-order valence-corrected chi connectivity index (χ0v) is 34.7. The van der Waals surface area contributed by atoms with Gasteiger partial charge in [0.2, 0.25) is 0 Å². The lowest BCUT2D eigenvalue weighted by Gasteiger charge is -2.39. The van der Waals surface area contributed by atoms with Crippen LogP contribution in [0, 0.1) is 17.3 Å². The van der Waals surface area contributed by atoms with Gasteiger partial charge in [0, 0.05) is 42.4 Å². The van der Waals surface area contributed by atoms with E-state index in [4.69, 9.17) is 19.7 Å². The lowest BCUT2D eigenvalue weighted by atomic mass is 9.66. The normalized spacial score (nSPS) is 23.2. The smallest absolute Gasteiger partial charge is 0.167 e. The van der Waals surface area contributed by atoms with Crippen LogP contribution in [0.4, 0.5) is 0 Å². The molecule has 2 aromatic heterocycles. The molecule has 61 heavy (non-hydrogen) atoms. The fraction of sp³-hybridized carbons (Fsp3) is 0.196. The van der Waals surface area contributed by atoms with E-state index in [1.165, 1.54) is 80.1 Å². The molecule has 4 nitrogen and oxygen atoms in total.